The zero-order valence-corrected chi connectivity index (χ0v) is 31.3. The predicted molar refractivity (Wildman–Crippen MR) is 196 cm³/mol. The van der Waals surface area contributed by atoms with Gasteiger partial charge in [0.2, 0.25) is 11.6 Å². The summed E-state index contributed by atoms with van der Waals surface area (Å²) in [4.78, 5) is 16.6. The Hall–Kier alpha value is -4.27. The molecular weight excluding hydrogens is 693 g/mol. The molecule has 0 radical (unpaired) electrons. The van der Waals surface area contributed by atoms with Crippen molar-refractivity contribution >= 4 is 43.2 Å². The average Bonchev–Trinajstić information content (AvgIpc) is 3.41. The summed E-state index contributed by atoms with van der Waals surface area (Å²) in [5.74, 6) is -0.0540. The van der Waals surface area contributed by atoms with Gasteiger partial charge in [-0.05, 0) is 87.5 Å². The van der Waals surface area contributed by atoms with Gasteiger partial charge in [-0.2, -0.15) is 13.0 Å². The quantitative estimate of drug-likeness (QED) is 0.0375. The van der Waals surface area contributed by atoms with E-state index in [0.717, 1.165) is 46.8 Å². The number of unbranched alkanes of at least 4 members (excludes halogenated alkanes) is 2. The predicted octanol–water partition coefficient (Wildman–Crippen LogP) is 6.40. The zero-order chi connectivity index (χ0) is 37.6. The van der Waals surface area contributed by atoms with E-state index in [4.69, 9.17) is 5.53 Å². The minimum absolute atomic E-state index is 0.0540. The molecule has 0 spiro atoms. The monoisotopic (exact) mass is 738 g/mol. The number of carbonyl (C=O) groups is 1. The maximum atomic E-state index is 12.2. The number of benzene rings is 2. The fraction of sp³-hybridized carbons (Fsp3) is 0.444. The Labute approximate surface area is 300 Å². The highest BCUT2D eigenvalue weighted by Gasteiger charge is 2.44. The SMILES string of the molecule is CCN1C(=CC=CC=CC2=[N+](CCCCCC(=O)NCCCN=[N+]=[N-])c3ccc(S(=O)(=O)[O-])cc3C2(C)C)C(C)(C)c2cc(S(=O)(=O)O)ccc21. The van der Waals surface area contributed by atoms with Crippen LogP contribution >= 0.6 is 0 Å². The number of nitrogens with one attached hydrogen (secondary N) is 1. The van der Waals surface area contributed by atoms with E-state index in [1.54, 1.807) is 12.1 Å². The summed E-state index contributed by atoms with van der Waals surface area (Å²) in [5, 5.41) is 6.29. The molecule has 2 aromatic rings. The van der Waals surface area contributed by atoms with Crippen LogP contribution in [0.5, 0.6) is 0 Å². The van der Waals surface area contributed by atoms with Crippen molar-refractivity contribution in [3.8, 4) is 0 Å². The fourth-order valence-electron chi connectivity index (χ4n) is 6.81. The van der Waals surface area contributed by atoms with Gasteiger partial charge in [0.15, 0.2) is 5.71 Å². The topological polar surface area (TPSA) is 196 Å². The van der Waals surface area contributed by atoms with Gasteiger partial charge in [-0.3, -0.25) is 9.35 Å². The first-order chi connectivity index (χ1) is 23.9. The van der Waals surface area contributed by atoms with Gasteiger partial charge >= 0.3 is 0 Å². The fourth-order valence-corrected chi connectivity index (χ4v) is 7.81. The molecule has 51 heavy (non-hydrogen) atoms. The first kappa shape index (κ1) is 39.5. The van der Waals surface area contributed by atoms with Crippen LogP contribution in [0.2, 0.25) is 0 Å². The Morgan fingerprint density at radius 1 is 0.980 bits per heavy atom. The van der Waals surface area contributed by atoms with Gasteiger partial charge in [-0.15, -0.1) is 0 Å². The van der Waals surface area contributed by atoms with E-state index in [2.05, 4.69) is 24.8 Å². The third-order valence-electron chi connectivity index (χ3n) is 9.47. The molecule has 0 unspecified atom stereocenters. The van der Waals surface area contributed by atoms with Crippen LogP contribution < -0.4 is 10.2 Å². The van der Waals surface area contributed by atoms with Crippen LogP contribution in [0.15, 0.2) is 87.4 Å². The minimum Gasteiger partial charge on any atom is -0.744 e. The molecule has 2 aromatic carbocycles. The van der Waals surface area contributed by atoms with Gasteiger partial charge in [0.25, 0.3) is 10.1 Å². The highest BCUT2D eigenvalue weighted by molar-refractivity contribution is 7.86. The lowest BCUT2D eigenvalue weighted by molar-refractivity contribution is -0.438. The van der Waals surface area contributed by atoms with Gasteiger partial charge in [0, 0.05) is 71.9 Å². The van der Waals surface area contributed by atoms with Crippen LogP contribution in [0.4, 0.5) is 11.4 Å². The second-order valence-electron chi connectivity index (χ2n) is 13.6. The molecule has 13 nitrogen and oxygen atoms in total. The number of anilines is 1. The summed E-state index contributed by atoms with van der Waals surface area (Å²) in [5.41, 5.74) is 12.3. The van der Waals surface area contributed by atoms with Crippen molar-refractivity contribution in [2.45, 2.75) is 87.3 Å². The molecule has 2 aliphatic heterocycles. The number of fused-ring (bicyclic) bond motifs is 2. The molecule has 0 saturated carbocycles. The van der Waals surface area contributed by atoms with Gasteiger partial charge in [-0.1, -0.05) is 37.2 Å². The third kappa shape index (κ3) is 8.97. The van der Waals surface area contributed by atoms with E-state index >= 15 is 0 Å². The smallest absolute Gasteiger partial charge is 0.294 e. The van der Waals surface area contributed by atoms with Crippen LogP contribution in [-0.2, 0) is 35.9 Å². The molecule has 2 heterocycles. The summed E-state index contributed by atoms with van der Waals surface area (Å²) in [6.07, 6.45) is 12.9. The Morgan fingerprint density at radius 2 is 1.69 bits per heavy atom. The Kier molecular flexibility index (Phi) is 12.4. The van der Waals surface area contributed by atoms with Gasteiger partial charge in [0.1, 0.15) is 16.7 Å². The zero-order valence-electron chi connectivity index (χ0n) is 29.7. The molecule has 2 aliphatic rings. The number of rotatable bonds is 16. The maximum absolute atomic E-state index is 12.2. The Balaban J connectivity index is 1.54. The van der Waals surface area contributed by atoms with Crippen LogP contribution in [-0.4, -0.2) is 68.3 Å². The number of carbonyl (C=O) groups excluding carboxylic acids is 1. The van der Waals surface area contributed by atoms with Crippen LogP contribution in [0.1, 0.15) is 77.8 Å². The molecule has 0 saturated heterocycles. The van der Waals surface area contributed by atoms with Crippen LogP contribution in [0.25, 0.3) is 10.4 Å². The van der Waals surface area contributed by atoms with Crippen molar-refractivity contribution in [3.05, 3.63) is 94.0 Å². The highest BCUT2D eigenvalue weighted by Crippen LogP contribution is 2.48. The number of hydrogen-bond acceptors (Lipinski definition) is 8. The number of nitrogens with zero attached hydrogens (tertiary/aromatic N) is 5. The van der Waals surface area contributed by atoms with Crippen molar-refractivity contribution in [2.75, 3.05) is 31.1 Å². The van der Waals surface area contributed by atoms with Crippen molar-refractivity contribution in [3.63, 3.8) is 0 Å². The Bertz CT molecular complexity index is 2060. The molecule has 4 rings (SSSR count). The molecule has 0 aromatic heterocycles. The summed E-state index contributed by atoms with van der Waals surface area (Å²) in [6, 6.07) is 9.13. The van der Waals surface area contributed by atoms with Crippen molar-refractivity contribution < 1.29 is 35.3 Å². The summed E-state index contributed by atoms with van der Waals surface area (Å²) < 4.78 is 71.1. The second kappa shape index (κ2) is 16.0. The number of hydrogen-bond donors (Lipinski definition) is 2. The summed E-state index contributed by atoms with van der Waals surface area (Å²) in [6.45, 7) is 12.1. The van der Waals surface area contributed by atoms with Crippen molar-refractivity contribution in [1.82, 2.24) is 5.32 Å². The Morgan fingerprint density at radius 3 is 2.35 bits per heavy atom. The van der Waals surface area contributed by atoms with E-state index in [9.17, 15) is 30.7 Å². The number of amides is 1. The third-order valence-corrected chi connectivity index (χ3v) is 11.1. The first-order valence-electron chi connectivity index (χ1n) is 16.9. The lowest BCUT2D eigenvalue weighted by Crippen LogP contribution is -2.28. The average molecular weight is 739 g/mol. The standard InChI is InChI=1S/C36H46N6O7S2/c1-6-41-30-19-17-26(50(44,45)46)24-28(30)35(2,3)32(41)14-9-7-10-15-33-36(4,5)29-25-27(51(47,48)49)18-20-31(29)42(33)23-12-8-11-16-34(43)38-21-13-22-39-40-37/h7,9-10,14-15,17-20,24-25H,6,8,11-13,16,21-23H2,1-5H3,(H2-,38,43,44,45,46,47,48,49). The number of azide groups is 1. The van der Waals surface area contributed by atoms with Crippen molar-refractivity contribution in [1.29, 1.82) is 0 Å². The van der Waals surface area contributed by atoms with Gasteiger partial charge in [-0.25, -0.2) is 8.42 Å². The molecular formula is C36H46N6O7S2. The number of allylic oxidation sites excluding steroid dienone is 6. The van der Waals surface area contributed by atoms with E-state index < -0.39 is 31.1 Å². The summed E-state index contributed by atoms with van der Waals surface area (Å²) >= 11 is 0. The second-order valence-corrected chi connectivity index (χ2v) is 16.4. The molecule has 0 bridgehead atoms. The van der Waals surface area contributed by atoms with Crippen LogP contribution in [0.3, 0.4) is 0 Å². The van der Waals surface area contributed by atoms with Crippen molar-refractivity contribution in [2.24, 2.45) is 5.11 Å². The lowest BCUT2D eigenvalue weighted by atomic mass is 9.81. The highest BCUT2D eigenvalue weighted by atomic mass is 32.2. The molecule has 274 valence electrons. The molecule has 0 fully saturated rings. The molecule has 2 N–H and O–H groups in total. The van der Waals surface area contributed by atoms with Crippen LogP contribution in [0, 0.1) is 0 Å². The molecule has 1 amide bonds. The normalized spacial score (nSPS) is 17.3. The molecule has 0 aliphatic carbocycles. The summed E-state index contributed by atoms with van der Waals surface area (Å²) in [7, 11) is -9.00. The maximum Gasteiger partial charge on any atom is 0.294 e. The largest absolute Gasteiger partial charge is 0.744 e. The van der Waals surface area contributed by atoms with E-state index in [1.165, 1.54) is 24.3 Å². The lowest BCUT2D eigenvalue weighted by Gasteiger charge is -2.25. The van der Waals surface area contributed by atoms with E-state index in [1.807, 2.05) is 65.0 Å². The molecule has 15 heteroatoms. The van der Waals surface area contributed by atoms with Gasteiger partial charge in [0.05, 0.1) is 15.2 Å². The number of likely N-dealkylation sites (N-methyl/N-ethyl adjacent to an activating group) is 1. The first-order valence-corrected chi connectivity index (χ1v) is 19.8. The van der Waals surface area contributed by atoms with E-state index in [0.29, 0.717) is 45.4 Å². The van der Waals surface area contributed by atoms with Gasteiger partial charge < -0.3 is 14.8 Å². The minimum atomic E-state index is -4.65. The molecule has 0 atom stereocenters. The van der Waals surface area contributed by atoms with E-state index in [-0.39, 0.29) is 15.7 Å².